The van der Waals surface area contributed by atoms with Crippen LogP contribution in [0.25, 0.3) is 119 Å². The molecule has 0 saturated carbocycles. The van der Waals surface area contributed by atoms with Gasteiger partial charge in [0, 0.05) is 30.9 Å². The number of hydrogen-bond donors (Lipinski definition) is 0. The predicted molar refractivity (Wildman–Crippen MR) is 241 cm³/mol. The number of para-hydroxylation sites is 1. The fourth-order valence-electron chi connectivity index (χ4n) is 9.03. The van der Waals surface area contributed by atoms with Gasteiger partial charge >= 0.3 is 0 Å². The van der Waals surface area contributed by atoms with Gasteiger partial charge in [-0.1, -0.05) is 164 Å². The number of benzene rings is 10. The molecule has 2 heterocycles. The van der Waals surface area contributed by atoms with Gasteiger partial charge in [-0.3, -0.25) is 0 Å². The molecule has 0 unspecified atom stereocenters. The molecular formula is C54H32OS. The Labute approximate surface area is 327 Å². The SMILES string of the molecule is c1ccc(-c2cccc(-c3c4ccccc4c(-c4ccc(-c5ccc6c(ccc7c8cc9c(cc8sc67)oc6ccccc69)c5)cc4)c4ccccc34)c2)cc1. The zero-order chi connectivity index (χ0) is 36.7. The average Bonchev–Trinajstić information content (AvgIpc) is 3.82. The van der Waals surface area contributed by atoms with E-state index in [1.54, 1.807) is 0 Å². The van der Waals surface area contributed by atoms with E-state index in [2.05, 4.69) is 188 Å². The Balaban J connectivity index is 0.952. The maximum absolute atomic E-state index is 6.24. The zero-order valence-corrected chi connectivity index (χ0v) is 31.1. The topological polar surface area (TPSA) is 13.1 Å². The van der Waals surface area contributed by atoms with Gasteiger partial charge in [-0.25, -0.2) is 0 Å². The lowest BCUT2D eigenvalue weighted by Crippen LogP contribution is -1.91. The molecule has 0 radical (unpaired) electrons. The van der Waals surface area contributed by atoms with Gasteiger partial charge in [0.1, 0.15) is 11.2 Å². The molecule has 0 spiro atoms. The summed E-state index contributed by atoms with van der Waals surface area (Å²) in [4.78, 5) is 0. The molecule has 56 heavy (non-hydrogen) atoms. The molecule has 12 rings (SSSR count). The number of thiophene rings is 1. The third kappa shape index (κ3) is 4.80. The maximum Gasteiger partial charge on any atom is 0.136 e. The second kappa shape index (κ2) is 12.3. The average molecular weight is 729 g/mol. The molecule has 1 nitrogen and oxygen atoms in total. The van der Waals surface area contributed by atoms with Gasteiger partial charge in [0.05, 0.1) is 0 Å². The molecule has 0 aliphatic carbocycles. The summed E-state index contributed by atoms with van der Waals surface area (Å²) in [6, 6.07) is 71.0. The molecule has 0 aliphatic heterocycles. The largest absolute Gasteiger partial charge is 0.456 e. The van der Waals surface area contributed by atoms with Gasteiger partial charge < -0.3 is 4.42 Å². The summed E-state index contributed by atoms with van der Waals surface area (Å²) < 4.78 is 8.82. The van der Waals surface area contributed by atoms with Gasteiger partial charge in [-0.05, 0) is 107 Å². The molecule has 0 fully saturated rings. The van der Waals surface area contributed by atoms with Gasteiger partial charge in [-0.15, -0.1) is 11.3 Å². The van der Waals surface area contributed by atoms with Gasteiger partial charge in [0.15, 0.2) is 0 Å². The third-order valence-electron chi connectivity index (χ3n) is 11.6. The van der Waals surface area contributed by atoms with E-state index in [4.69, 9.17) is 4.42 Å². The number of hydrogen-bond acceptors (Lipinski definition) is 2. The van der Waals surface area contributed by atoms with Crippen molar-refractivity contribution < 1.29 is 4.42 Å². The fraction of sp³-hybridized carbons (Fsp3) is 0. The number of fused-ring (bicyclic) bond motifs is 10. The van der Waals surface area contributed by atoms with Gasteiger partial charge in [0.25, 0.3) is 0 Å². The van der Waals surface area contributed by atoms with Crippen LogP contribution in [0.15, 0.2) is 199 Å². The molecule has 0 amide bonds. The molecule has 260 valence electrons. The minimum atomic E-state index is 0.941. The van der Waals surface area contributed by atoms with Crippen LogP contribution in [-0.4, -0.2) is 0 Å². The summed E-state index contributed by atoms with van der Waals surface area (Å²) >= 11 is 1.86. The minimum absolute atomic E-state index is 0.941. The van der Waals surface area contributed by atoms with Gasteiger partial charge in [0.2, 0.25) is 0 Å². The molecule has 0 N–H and O–H groups in total. The van der Waals surface area contributed by atoms with E-state index in [9.17, 15) is 0 Å². The van der Waals surface area contributed by atoms with Crippen molar-refractivity contribution in [2.45, 2.75) is 0 Å². The highest BCUT2D eigenvalue weighted by atomic mass is 32.1. The van der Waals surface area contributed by atoms with E-state index in [0.29, 0.717) is 0 Å². The van der Waals surface area contributed by atoms with Crippen LogP contribution in [0.5, 0.6) is 0 Å². The summed E-state index contributed by atoms with van der Waals surface area (Å²) in [6.45, 7) is 0. The van der Waals surface area contributed by atoms with Crippen LogP contribution in [0.3, 0.4) is 0 Å². The molecule has 0 saturated heterocycles. The number of rotatable bonds is 4. The van der Waals surface area contributed by atoms with Crippen LogP contribution in [0.4, 0.5) is 0 Å². The fourth-order valence-corrected chi connectivity index (χ4v) is 10.3. The Morgan fingerprint density at radius 3 is 1.59 bits per heavy atom. The third-order valence-corrected chi connectivity index (χ3v) is 12.8. The predicted octanol–water partition coefficient (Wildman–Crippen LogP) is 16.1. The Hall–Kier alpha value is -7.00. The lowest BCUT2D eigenvalue weighted by atomic mass is 9.85. The molecule has 12 aromatic rings. The Morgan fingerprint density at radius 1 is 0.286 bits per heavy atom. The Morgan fingerprint density at radius 2 is 0.839 bits per heavy atom. The van der Waals surface area contributed by atoms with E-state index < -0.39 is 0 Å². The Kier molecular flexibility index (Phi) is 6.87. The van der Waals surface area contributed by atoms with Crippen molar-refractivity contribution in [2.24, 2.45) is 0 Å². The standard InChI is InChI=1S/C54H32OS/c1-2-11-33(12-3-1)36-13-10-14-39(30-36)53-44-18-6-4-16-42(44)52(43-17-5-7-19-45(43)53)35-23-21-34(22-24-35)37-25-27-40-38(29-37)26-28-46-48-31-47-41-15-8-9-20-49(41)55-50(47)32-51(48)56-54(40)46/h1-32H. The van der Waals surface area contributed by atoms with Crippen LogP contribution in [-0.2, 0) is 0 Å². The summed E-state index contributed by atoms with van der Waals surface area (Å²) in [5, 5.41) is 12.5. The number of furan rings is 1. The van der Waals surface area contributed by atoms with E-state index in [1.165, 1.54) is 108 Å². The minimum Gasteiger partial charge on any atom is -0.456 e. The van der Waals surface area contributed by atoms with Crippen molar-refractivity contribution in [3.8, 4) is 44.5 Å². The summed E-state index contributed by atoms with van der Waals surface area (Å²) in [5.41, 5.74) is 11.8. The highest BCUT2D eigenvalue weighted by Gasteiger charge is 2.18. The quantitative estimate of drug-likeness (QED) is 0.165. The molecule has 2 aromatic heterocycles. The van der Waals surface area contributed by atoms with Crippen LogP contribution >= 0.6 is 11.3 Å². The van der Waals surface area contributed by atoms with Crippen LogP contribution in [0.1, 0.15) is 0 Å². The van der Waals surface area contributed by atoms with Crippen molar-refractivity contribution in [3.63, 3.8) is 0 Å². The van der Waals surface area contributed by atoms with Crippen LogP contribution in [0, 0.1) is 0 Å². The summed E-state index contributed by atoms with van der Waals surface area (Å²) in [7, 11) is 0. The van der Waals surface area contributed by atoms with Gasteiger partial charge in [-0.2, -0.15) is 0 Å². The highest BCUT2D eigenvalue weighted by molar-refractivity contribution is 7.26. The highest BCUT2D eigenvalue weighted by Crippen LogP contribution is 2.46. The first-order chi connectivity index (χ1) is 27.7. The second-order valence-electron chi connectivity index (χ2n) is 14.8. The first kappa shape index (κ1) is 31.4. The van der Waals surface area contributed by atoms with Crippen molar-refractivity contribution in [2.75, 3.05) is 0 Å². The van der Waals surface area contributed by atoms with Crippen molar-refractivity contribution >= 4 is 85.8 Å². The lowest BCUT2D eigenvalue weighted by molar-refractivity contribution is 0.669. The normalized spacial score (nSPS) is 11.9. The molecule has 0 bridgehead atoms. The molecule has 0 atom stereocenters. The Bertz CT molecular complexity index is 3460. The van der Waals surface area contributed by atoms with E-state index in [-0.39, 0.29) is 0 Å². The van der Waals surface area contributed by atoms with E-state index in [1.807, 2.05) is 17.4 Å². The zero-order valence-electron chi connectivity index (χ0n) is 30.3. The van der Waals surface area contributed by atoms with Crippen molar-refractivity contribution in [1.82, 2.24) is 0 Å². The maximum atomic E-state index is 6.24. The smallest absolute Gasteiger partial charge is 0.136 e. The lowest BCUT2D eigenvalue weighted by Gasteiger charge is -2.18. The van der Waals surface area contributed by atoms with Crippen molar-refractivity contribution in [3.05, 3.63) is 194 Å². The molecule has 0 aliphatic rings. The summed E-state index contributed by atoms with van der Waals surface area (Å²) in [5.74, 6) is 0. The first-order valence-electron chi connectivity index (χ1n) is 19.2. The van der Waals surface area contributed by atoms with Crippen molar-refractivity contribution in [1.29, 1.82) is 0 Å². The van der Waals surface area contributed by atoms with Crippen LogP contribution in [0.2, 0.25) is 0 Å². The van der Waals surface area contributed by atoms with E-state index >= 15 is 0 Å². The monoisotopic (exact) mass is 728 g/mol. The van der Waals surface area contributed by atoms with E-state index in [0.717, 1.165) is 11.2 Å². The van der Waals surface area contributed by atoms with Crippen LogP contribution < -0.4 is 0 Å². The first-order valence-corrected chi connectivity index (χ1v) is 20.0. The second-order valence-corrected chi connectivity index (χ2v) is 15.8. The summed E-state index contributed by atoms with van der Waals surface area (Å²) in [6.07, 6.45) is 0. The molecule has 2 heteroatoms. The molecular weight excluding hydrogens is 697 g/mol. The molecule has 10 aromatic carbocycles.